The molecule has 1 aromatic carbocycles. The minimum absolute atomic E-state index is 0.110. The van der Waals surface area contributed by atoms with Crippen molar-refractivity contribution >= 4 is 40.6 Å². The third-order valence-corrected chi connectivity index (χ3v) is 6.68. The summed E-state index contributed by atoms with van der Waals surface area (Å²) < 4.78 is 27.1. The molecule has 0 spiro atoms. The molecule has 1 saturated heterocycles. The molecule has 2 aliphatic rings. The van der Waals surface area contributed by atoms with Gasteiger partial charge in [0.05, 0.1) is 16.4 Å². The molecule has 0 radical (unpaired) electrons. The molecule has 7 heteroatoms. The number of carbonyl (C=O) groups excluding carboxylic acids is 1. The maximum Gasteiger partial charge on any atom is 0.264 e. The highest BCUT2D eigenvalue weighted by atomic mass is 35.5. The largest absolute Gasteiger partial charge is 0.335 e. The second kappa shape index (κ2) is 5.76. The van der Waals surface area contributed by atoms with Gasteiger partial charge in [0.15, 0.2) is 0 Å². The first-order chi connectivity index (χ1) is 11.0. The summed E-state index contributed by atoms with van der Waals surface area (Å²) in [7, 11) is 0. The molecule has 3 heterocycles. The Bertz CT molecular complexity index is 808. The summed E-state index contributed by atoms with van der Waals surface area (Å²) in [6.07, 6.45) is -0.528. The topological polar surface area (TPSA) is 20.3 Å². The fourth-order valence-electron chi connectivity index (χ4n) is 2.91. The molecule has 0 aliphatic carbocycles. The van der Waals surface area contributed by atoms with E-state index >= 15 is 0 Å². The Morgan fingerprint density at radius 3 is 2.91 bits per heavy atom. The molecular formula is C16H12ClF2NOS2. The van der Waals surface area contributed by atoms with Gasteiger partial charge in [-0.3, -0.25) is 4.79 Å². The number of thiophene rings is 1. The molecule has 4 rings (SSSR count). The summed E-state index contributed by atoms with van der Waals surface area (Å²) in [5, 5.41) is 0.110. The Morgan fingerprint density at radius 2 is 2.17 bits per heavy atom. The van der Waals surface area contributed by atoms with E-state index in [1.807, 2.05) is 6.07 Å². The van der Waals surface area contributed by atoms with Crippen LogP contribution in [0.15, 0.2) is 23.1 Å². The van der Waals surface area contributed by atoms with E-state index in [0.717, 1.165) is 26.7 Å². The Balaban J connectivity index is 1.71. The summed E-state index contributed by atoms with van der Waals surface area (Å²) in [5.74, 6) is 0.130. The zero-order chi connectivity index (χ0) is 16.1. The van der Waals surface area contributed by atoms with E-state index in [0.29, 0.717) is 17.8 Å². The first-order valence-corrected chi connectivity index (χ1v) is 9.39. The molecule has 0 bridgehead atoms. The van der Waals surface area contributed by atoms with Gasteiger partial charge in [0.1, 0.15) is 12.0 Å². The third-order valence-electron chi connectivity index (χ3n) is 4.09. The average molecular weight is 372 g/mol. The molecule has 0 N–H and O–H groups in total. The van der Waals surface area contributed by atoms with Crippen LogP contribution in [0.1, 0.15) is 21.7 Å². The van der Waals surface area contributed by atoms with Crippen LogP contribution in [0.2, 0.25) is 5.02 Å². The van der Waals surface area contributed by atoms with Crippen molar-refractivity contribution in [2.75, 3.05) is 13.1 Å². The van der Waals surface area contributed by atoms with Gasteiger partial charge >= 0.3 is 0 Å². The van der Waals surface area contributed by atoms with Crippen LogP contribution in [0.5, 0.6) is 0 Å². The quantitative estimate of drug-likeness (QED) is 0.703. The lowest BCUT2D eigenvalue weighted by Gasteiger charge is -2.16. The second-order valence-electron chi connectivity index (χ2n) is 5.65. The predicted octanol–water partition coefficient (Wildman–Crippen LogP) is 5.00. The number of hydrogen-bond donors (Lipinski definition) is 0. The zero-order valence-electron chi connectivity index (χ0n) is 11.9. The van der Waals surface area contributed by atoms with Crippen molar-refractivity contribution in [2.24, 2.45) is 0 Å². The first kappa shape index (κ1) is 15.4. The van der Waals surface area contributed by atoms with Crippen molar-refractivity contribution in [3.8, 4) is 10.4 Å². The van der Waals surface area contributed by atoms with Crippen LogP contribution in [0.4, 0.5) is 8.78 Å². The van der Waals surface area contributed by atoms with Crippen LogP contribution < -0.4 is 0 Å². The Kier molecular flexibility index (Phi) is 3.86. The molecule has 1 atom stereocenters. The average Bonchev–Trinajstić information content (AvgIpc) is 3.14. The number of fused-ring (bicyclic) bond motifs is 3. The molecule has 120 valence electrons. The zero-order valence-corrected chi connectivity index (χ0v) is 14.3. The van der Waals surface area contributed by atoms with E-state index in [1.165, 1.54) is 17.4 Å². The molecule has 1 amide bonds. The summed E-state index contributed by atoms with van der Waals surface area (Å²) in [6, 6.07) is 4.92. The smallest absolute Gasteiger partial charge is 0.264 e. The van der Waals surface area contributed by atoms with E-state index in [-0.39, 0.29) is 17.5 Å². The fraction of sp³-hybridized carbons (Fsp3) is 0.312. The minimum atomic E-state index is -0.930. The Morgan fingerprint density at radius 1 is 1.35 bits per heavy atom. The third kappa shape index (κ3) is 2.66. The van der Waals surface area contributed by atoms with Crippen molar-refractivity contribution in [2.45, 2.75) is 23.2 Å². The van der Waals surface area contributed by atoms with Gasteiger partial charge in [-0.15, -0.1) is 23.1 Å². The SMILES string of the molecule is O=C(c1cc2c(s1)-c1cc(F)c(Cl)cc1SC2)N1CCC(F)C1. The Hall–Kier alpha value is -1.11. The number of hydrogen-bond acceptors (Lipinski definition) is 3. The number of benzene rings is 1. The van der Waals surface area contributed by atoms with E-state index in [1.54, 1.807) is 22.7 Å². The van der Waals surface area contributed by atoms with Gasteiger partial charge in [-0.25, -0.2) is 8.78 Å². The number of likely N-dealkylation sites (tertiary alicyclic amines) is 1. The van der Waals surface area contributed by atoms with Gasteiger partial charge in [0.2, 0.25) is 0 Å². The highest BCUT2D eigenvalue weighted by Crippen LogP contribution is 2.47. The molecule has 2 aromatic rings. The molecule has 1 unspecified atom stereocenters. The lowest BCUT2D eigenvalue weighted by atomic mass is 10.1. The van der Waals surface area contributed by atoms with Crippen LogP contribution in [-0.2, 0) is 5.75 Å². The van der Waals surface area contributed by atoms with E-state index in [9.17, 15) is 13.6 Å². The predicted molar refractivity (Wildman–Crippen MR) is 89.7 cm³/mol. The van der Waals surface area contributed by atoms with Gasteiger partial charge < -0.3 is 4.90 Å². The maximum atomic E-state index is 13.8. The Labute approximate surface area is 145 Å². The number of carbonyl (C=O) groups is 1. The van der Waals surface area contributed by atoms with Crippen molar-refractivity contribution in [1.82, 2.24) is 4.90 Å². The van der Waals surface area contributed by atoms with Crippen LogP contribution in [0.25, 0.3) is 10.4 Å². The highest BCUT2D eigenvalue weighted by molar-refractivity contribution is 7.98. The van der Waals surface area contributed by atoms with Gasteiger partial charge in [-0.05, 0) is 30.2 Å². The van der Waals surface area contributed by atoms with Crippen molar-refractivity contribution < 1.29 is 13.6 Å². The molecular weight excluding hydrogens is 360 g/mol. The number of nitrogens with zero attached hydrogens (tertiary/aromatic N) is 1. The highest BCUT2D eigenvalue weighted by Gasteiger charge is 2.29. The number of amides is 1. The van der Waals surface area contributed by atoms with E-state index in [4.69, 9.17) is 11.6 Å². The minimum Gasteiger partial charge on any atom is -0.335 e. The van der Waals surface area contributed by atoms with Crippen LogP contribution in [0.3, 0.4) is 0 Å². The molecule has 1 aromatic heterocycles. The number of thioether (sulfide) groups is 1. The van der Waals surface area contributed by atoms with Crippen LogP contribution in [0, 0.1) is 5.82 Å². The van der Waals surface area contributed by atoms with Crippen molar-refractivity contribution in [3.63, 3.8) is 0 Å². The van der Waals surface area contributed by atoms with Crippen molar-refractivity contribution in [1.29, 1.82) is 0 Å². The van der Waals surface area contributed by atoms with Gasteiger partial charge in [-0.1, -0.05) is 11.6 Å². The van der Waals surface area contributed by atoms with Crippen LogP contribution in [-0.4, -0.2) is 30.1 Å². The van der Waals surface area contributed by atoms with Gasteiger partial charge in [0, 0.05) is 27.6 Å². The summed E-state index contributed by atoms with van der Waals surface area (Å²) >= 11 is 8.78. The van der Waals surface area contributed by atoms with E-state index < -0.39 is 12.0 Å². The fourth-order valence-corrected chi connectivity index (χ4v) is 5.53. The summed E-state index contributed by atoms with van der Waals surface area (Å²) in [6.45, 7) is 0.620. The molecule has 0 saturated carbocycles. The van der Waals surface area contributed by atoms with Gasteiger partial charge in [-0.2, -0.15) is 0 Å². The van der Waals surface area contributed by atoms with E-state index in [2.05, 4.69) is 0 Å². The lowest BCUT2D eigenvalue weighted by Crippen LogP contribution is -2.28. The standard InChI is InChI=1S/C16H12ClF2NOS2/c17-11-5-13-10(4-12(11)19)15-8(7-22-13)3-14(23-15)16(21)20-2-1-9(18)6-20/h3-5,9H,1-2,6-7H2. The van der Waals surface area contributed by atoms with Crippen molar-refractivity contribution in [3.05, 3.63) is 39.5 Å². The second-order valence-corrected chi connectivity index (χ2v) is 8.13. The lowest BCUT2D eigenvalue weighted by molar-refractivity contribution is 0.0787. The first-order valence-electron chi connectivity index (χ1n) is 7.21. The number of rotatable bonds is 1. The number of halogens is 3. The number of alkyl halides is 1. The normalized spacial score (nSPS) is 19.6. The molecule has 23 heavy (non-hydrogen) atoms. The summed E-state index contributed by atoms with van der Waals surface area (Å²) in [4.78, 5) is 16.5. The molecule has 2 aliphatic heterocycles. The summed E-state index contributed by atoms with van der Waals surface area (Å²) in [5.41, 5.74) is 1.81. The molecule has 1 fully saturated rings. The monoisotopic (exact) mass is 371 g/mol. The maximum absolute atomic E-state index is 13.8. The van der Waals surface area contributed by atoms with Gasteiger partial charge in [0.25, 0.3) is 5.91 Å². The molecule has 2 nitrogen and oxygen atoms in total. The van der Waals surface area contributed by atoms with Crippen LogP contribution >= 0.6 is 34.7 Å².